The van der Waals surface area contributed by atoms with Crippen molar-refractivity contribution in [2.45, 2.75) is 32.4 Å². The van der Waals surface area contributed by atoms with Gasteiger partial charge >= 0.3 is 12.1 Å². The molecule has 0 saturated carbocycles. The first-order valence-corrected chi connectivity index (χ1v) is 6.85. The van der Waals surface area contributed by atoms with Crippen molar-refractivity contribution < 1.29 is 22.7 Å². The van der Waals surface area contributed by atoms with E-state index in [0.29, 0.717) is 18.0 Å². The predicted molar refractivity (Wildman–Crippen MR) is 70.9 cm³/mol. The van der Waals surface area contributed by atoms with E-state index in [1.807, 2.05) is 0 Å². The van der Waals surface area contributed by atoms with Crippen molar-refractivity contribution in [3.8, 4) is 0 Å². The van der Waals surface area contributed by atoms with E-state index < -0.39 is 18.6 Å². The summed E-state index contributed by atoms with van der Waals surface area (Å²) in [5.74, 6) is -0.525. The van der Waals surface area contributed by atoms with Crippen LogP contribution in [0.25, 0.3) is 0 Å². The van der Waals surface area contributed by atoms with Crippen molar-refractivity contribution in [2.24, 2.45) is 0 Å². The second-order valence-electron chi connectivity index (χ2n) is 3.99. The Kier molecular flexibility index (Phi) is 6.05. The lowest BCUT2D eigenvalue weighted by molar-refractivity contribution is -0.135. The predicted octanol–water partition coefficient (Wildman–Crippen LogP) is 3.05. The van der Waals surface area contributed by atoms with Gasteiger partial charge in [0.25, 0.3) is 0 Å². The summed E-state index contributed by atoms with van der Waals surface area (Å²) < 4.78 is 44.5. The summed E-state index contributed by atoms with van der Waals surface area (Å²) in [6.45, 7) is 2.18. The number of nitrogen functional groups attached to an aromatic ring is 1. The quantitative estimate of drug-likeness (QED) is 0.598. The van der Waals surface area contributed by atoms with E-state index in [0.717, 1.165) is 11.5 Å². The molecule has 0 saturated heterocycles. The van der Waals surface area contributed by atoms with E-state index in [-0.39, 0.29) is 24.4 Å². The number of rotatable bonds is 7. The Labute approximate surface area is 118 Å². The first-order chi connectivity index (χ1) is 9.35. The second kappa shape index (κ2) is 7.32. The van der Waals surface area contributed by atoms with Crippen molar-refractivity contribution in [1.82, 2.24) is 4.37 Å². The highest BCUT2D eigenvalue weighted by atomic mass is 32.1. The maximum atomic E-state index is 12.0. The van der Waals surface area contributed by atoms with Gasteiger partial charge in [-0.05, 0) is 31.3 Å². The number of aromatic nitrogens is 1. The SMILES string of the molecule is CCOC(=O)c1c(N)nsc1NCCCCC(F)(F)F. The van der Waals surface area contributed by atoms with Crippen LogP contribution in [-0.4, -0.2) is 29.7 Å². The van der Waals surface area contributed by atoms with Crippen molar-refractivity contribution >= 4 is 28.3 Å². The molecule has 114 valence electrons. The molecule has 3 N–H and O–H groups in total. The summed E-state index contributed by atoms with van der Waals surface area (Å²) in [5, 5.41) is 3.29. The lowest BCUT2D eigenvalue weighted by Crippen LogP contribution is -2.11. The fourth-order valence-electron chi connectivity index (χ4n) is 1.48. The Morgan fingerprint density at radius 3 is 2.75 bits per heavy atom. The zero-order valence-corrected chi connectivity index (χ0v) is 11.7. The molecule has 0 atom stereocenters. The second-order valence-corrected chi connectivity index (χ2v) is 4.76. The molecule has 0 aliphatic carbocycles. The summed E-state index contributed by atoms with van der Waals surface area (Å²) in [5.41, 5.74) is 5.72. The summed E-state index contributed by atoms with van der Waals surface area (Å²) in [6, 6.07) is 0. The Morgan fingerprint density at radius 1 is 1.45 bits per heavy atom. The number of alkyl halides is 3. The molecule has 0 aliphatic heterocycles. The van der Waals surface area contributed by atoms with Gasteiger partial charge in [-0.15, -0.1) is 0 Å². The zero-order chi connectivity index (χ0) is 15.2. The number of carbonyl (C=O) groups excluding carboxylic acids is 1. The molecule has 0 spiro atoms. The van der Waals surface area contributed by atoms with E-state index in [4.69, 9.17) is 10.5 Å². The Hall–Kier alpha value is -1.51. The third kappa shape index (κ3) is 5.24. The van der Waals surface area contributed by atoms with Crippen LogP contribution in [0.5, 0.6) is 0 Å². The number of nitrogens with two attached hydrogens (primary N) is 1. The molecule has 20 heavy (non-hydrogen) atoms. The first-order valence-electron chi connectivity index (χ1n) is 6.08. The van der Waals surface area contributed by atoms with Gasteiger partial charge in [-0.2, -0.15) is 17.5 Å². The highest BCUT2D eigenvalue weighted by Crippen LogP contribution is 2.28. The smallest absolute Gasteiger partial charge is 0.389 e. The van der Waals surface area contributed by atoms with E-state index in [1.54, 1.807) is 6.92 Å². The number of hydrogen-bond donors (Lipinski definition) is 2. The van der Waals surface area contributed by atoms with Crippen molar-refractivity contribution in [2.75, 3.05) is 24.2 Å². The first kappa shape index (κ1) is 16.5. The molecule has 0 unspecified atom stereocenters. The van der Waals surface area contributed by atoms with Crippen LogP contribution < -0.4 is 11.1 Å². The number of esters is 1. The highest BCUT2D eigenvalue weighted by molar-refractivity contribution is 7.11. The molecule has 1 aromatic heterocycles. The molecule has 1 heterocycles. The lowest BCUT2D eigenvalue weighted by Gasteiger charge is -2.08. The number of hydrogen-bond acceptors (Lipinski definition) is 6. The minimum atomic E-state index is -4.13. The monoisotopic (exact) mass is 311 g/mol. The Bertz CT molecular complexity index is 449. The topological polar surface area (TPSA) is 77.2 Å². The Morgan fingerprint density at radius 2 is 2.15 bits per heavy atom. The van der Waals surface area contributed by atoms with Crippen LogP contribution in [-0.2, 0) is 4.74 Å². The van der Waals surface area contributed by atoms with Gasteiger partial charge < -0.3 is 15.8 Å². The molecule has 0 radical (unpaired) electrons. The molecule has 1 aromatic rings. The van der Waals surface area contributed by atoms with Crippen molar-refractivity contribution in [3.05, 3.63) is 5.56 Å². The molecule has 0 aliphatic rings. The molecular formula is C11H16F3N3O2S. The van der Waals surface area contributed by atoms with E-state index in [1.165, 1.54) is 0 Å². The summed E-state index contributed by atoms with van der Waals surface area (Å²) in [6.07, 6.45) is -4.59. The normalized spacial score (nSPS) is 11.4. The van der Waals surface area contributed by atoms with Crippen LogP contribution in [0.1, 0.15) is 36.5 Å². The van der Waals surface area contributed by atoms with Gasteiger partial charge in [-0.3, -0.25) is 0 Å². The molecule has 0 bridgehead atoms. The van der Waals surface area contributed by atoms with E-state index in [2.05, 4.69) is 9.69 Å². The van der Waals surface area contributed by atoms with Crippen LogP contribution in [0.3, 0.4) is 0 Å². The summed E-state index contributed by atoms with van der Waals surface area (Å²) in [4.78, 5) is 11.6. The number of ether oxygens (including phenoxy) is 1. The number of anilines is 2. The average molecular weight is 311 g/mol. The maximum Gasteiger partial charge on any atom is 0.389 e. The van der Waals surface area contributed by atoms with Gasteiger partial charge in [-0.1, -0.05) is 0 Å². The van der Waals surface area contributed by atoms with Gasteiger partial charge in [0.2, 0.25) is 0 Å². The third-order valence-electron chi connectivity index (χ3n) is 2.37. The summed E-state index contributed by atoms with van der Waals surface area (Å²) >= 11 is 0.985. The van der Waals surface area contributed by atoms with E-state index in [9.17, 15) is 18.0 Å². The van der Waals surface area contributed by atoms with Gasteiger partial charge in [-0.25, -0.2) is 4.79 Å². The molecule has 9 heteroatoms. The van der Waals surface area contributed by atoms with Crippen molar-refractivity contribution in [1.29, 1.82) is 0 Å². The van der Waals surface area contributed by atoms with Crippen molar-refractivity contribution in [3.63, 3.8) is 0 Å². The molecular weight excluding hydrogens is 295 g/mol. The zero-order valence-electron chi connectivity index (χ0n) is 10.9. The average Bonchev–Trinajstić information content (AvgIpc) is 2.69. The Balaban J connectivity index is 2.46. The number of nitrogens with one attached hydrogen (secondary N) is 1. The highest BCUT2D eigenvalue weighted by Gasteiger charge is 2.26. The molecule has 0 amide bonds. The number of unbranched alkanes of at least 4 members (excludes halogenated alkanes) is 1. The minimum absolute atomic E-state index is 0.0273. The fourth-order valence-corrected chi connectivity index (χ4v) is 2.20. The van der Waals surface area contributed by atoms with Gasteiger partial charge in [0.15, 0.2) is 5.82 Å². The number of nitrogens with zero attached hydrogens (tertiary/aromatic N) is 1. The number of carbonyl (C=O) groups is 1. The molecule has 0 aromatic carbocycles. The van der Waals surface area contributed by atoms with Crippen LogP contribution >= 0.6 is 11.5 Å². The molecule has 5 nitrogen and oxygen atoms in total. The largest absolute Gasteiger partial charge is 0.462 e. The minimum Gasteiger partial charge on any atom is -0.462 e. The maximum absolute atomic E-state index is 12.0. The third-order valence-corrected chi connectivity index (χ3v) is 3.19. The van der Waals surface area contributed by atoms with Gasteiger partial charge in [0.05, 0.1) is 6.61 Å². The summed E-state index contributed by atoms with van der Waals surface area (Å²) in [7, 11) is 0. The lowest BCUT2D eigenvalue weighted by atomic mass is 10.2. The van der Waals surface area contributed by atoms with E-state index >= 15 is 0 Å². The standard InChI is InChI=1S/C11H16F3N3O2S/c1-2-19-10(18)7-8(15)17-20-9(7)16-6-4-3-5-11(12,13)14/h16H,2-6H2,1H3,(H2,15,17). The van der Waals surface area contributed by atoms with Gasteiger partial charge in [0, 0.05) is 13.0 Å². The molecule has 1 rings (SSSR count). The van der Waals surface area contributed by atoms with Gasteiger partial charge in [0.1, 0.15) is 10.6 Å². The fraction of sp³-hybridized carbons (Fsp3) is 0.636. The van der Waals surface area contributed by atoms with Crippen LogP contribution in [0.2, 0.25) is 0 Å². The number of halogens is 3. The van der Waals surface area contributed by atoms with Crippen LogP contribution in [0, 0.1) is 0 Å². The van der Waals surface area contributed by atoms with Crippen LogP contribution in [0.4, 0.5) is 24.0 Å². The van der Waals surface area contributed by atoms with Crippen LogP contribution in [0.15, 0.2) is 0 Å². The molecule has 0 fully saturated rings.